The largest absolute Gasteiger partial charge is 0.497 e. The first kappa shape index (κ1) is 18.8. The lowest BCUT2D eigenvalue weighted by Gasteiger charge is -2.29. The Morgan fingerprint density at radius 3 is 2.37 bits per heavy atom. The molecule has 2 unspecified atom stereocenters. The number of hydrogen-bond donors (Lipinski definition) is 0. The molecule has 3 rings (SSSR count). The molecule has 2 atom stereocenters. The number of halogens is 1. The highest BCUT2D eigenvalue weighted by atomic mass is 19.1. The van der Waals surface area contributed by atoms with Crippen LogP contribution in [0.5, 0.6) is 5.75 Å². The van der Waals surface area contributed by atoms with Crippen LogP contribution in [-0.2, 0) is 14.3 Å². The van der Waals surface area contributed by atoms with Crippen molar-refractivity contribution < 1.29 is 23.5 Å². The van der Waals surface area contributed by atoms with E-state index in [-0.39, 0.29) is 18.2 Å². The highest BCUT2D eigenvalue weighted by Gasteiger charge is 2.39. The standard InChI is InChI=1S/C22H21FO4/c1-3-27-22(25)21-19(15-4-8-17(23)9-5-15)12-16(13-20(21)24)14-6-10-18(26-2)11-7-14/h4-11,13,19,21H,3,12H2,1-2H3. The first-order valence-electron chi connectivity index (χ1n) is 8.84. The van der Waals surface area contributed by atoms with E-state index < -0.39 is 17.8 Å². The maximum Gasteiger partial charge on any atom is 0.317 e. The molecule has 27 heavy (non-hydrogen) atoms. The normalized spacial score (nSPS) is 19.4. The van der Waals surface area contributed by atoms with Crippen LogP contribution in [0.3, 0.4) is 0 Å². The van der Waals surface area contributed by atoms with Crippen LogP contribution in [0.25, 0.3) is 5.57 Å². The van der Waals surface area contributed by atoms with Crippen molar-refractivity contribution >= 4 is 17.3 Å². The van der Waals surface area contributed by atoms with Gasteiger partial charge < -0.3 is 9.47 Å². The molecule has 0 aliphatic heterocycles. The smallest absolute Gasteiger partial charge is 0.317 e. The molecule has 0 fully saturated rings. The lowest BCUT2D eigenvalue weighted by molar-refractivity contribution is -0.151. The SMILES string of the molecule is CCOC(=O)C1C(=O)C=C(c2ccc(OC)cc2)CC1c1ccc(F)cc1. The Kier molecular flexibility index (Phi) is 5.69. The van der Waals surface area contributed by atoms with Crippen molar-refractivity contribution in [1.29, 1.82) is 0 Å². The fourth-order valence-electron chi connectivity index (χ4n) is 3.41. The van der Waals surface area contributed by atoms with Crippen LogP contribution in [0.1, 0.15) is 30.4 Å². The first-order chi connectivity index (χ1) is 13.0. The lowest BCUT2D eigenvalue weighted by Crippen LogP contribution is -2.34. The van der Waals surface area contributed by atoms with Gasteiger partial charge in [0.25, 0.3) is 0 Å². The Hall–Kier alpha value is -2.95. The monoisotopic (exact) mass is 368 g/mol. The van der Waals surface area contributed by atoms with Crippen molar-refractivity contribution in [3.8, 4) is 5.75 Å². The molecule has 5 heteroatoms. The van der Waals surface area contributed by atoms with E-state index in [4.69, 9.17) is 9.47 Å². The van der Waals surface area contributed by atoms with Crippen molar-refractivity contribution in [2.45, 2.75) is 19.3 Å². The molecule has 0 bridgehead atoms. The number of hydrogen-bond acceptors (Lipinski definition) is 4. The van der Waals surface area contributed by atoms with E-state index in [1.165, 1.54) is 18.2 Å². The summed E-state index contributed by atoms with van der Waals surface area (Å²) in [6.45, 7) is 1.91. The van der Waals surface area contributed by atoms with Crippen LogP contribution < -0.4 is 4.74 Å². The number of allylic oxidation sites excluding steroid dienone is 2. The van der Waals surface area contributed by atoms with Crippen LogP contribution in [0, 0.1) is 11.7 Å². The minimum absolute atomic E-state index is 0.202. The van der Waals surface area contributed by atoms with Gasteiger partial charge in [0.1, 0.15) is 17.5 Å². The molecule has 0 heterocycles. The highest BCUT2D eigenvalue weighted by Crippen LogP contribution is 2.40. The number of ether oxygens (including phenoxy) is 2. The van der Waals surface area contributed by atoms with E-state index in [1.54, 1.807) is 26.2 Å². The number of benzene rings is 2. The zero-order chi connectivity index (χ0) is 19.4. The number of methoxy groups -OCH3 is 1. The van der Waals surface area contributed by atoms with Gasteiger partial charge in [0.15, 0.2) is 5.78 Å². The number of carbonyl (C=O) groups is 2. The molecular formula is C22H21FO4. The number of carbonyl (C=O) groups excluding carboxylic acids is 2. The highest BCUT2D eigenvalue weighted by molar-refractivity contribution is 6.10. The maximum absolute atomic E-state index is 13.3. The van der Waals surface area contributed by atoms with Crippen molar-refractivity contribution in [3.63, 3.8) is 0 Å². The van der Waals surface area contributed by atoms with Gasteiger partial charge in [-0.2, -0.15) is 0 Å². The van der Waals surface area contributed by atoms with Gasteiger partial charge in [-0.3, -0.25) is 9.59 Å². The van der Waals surface area contributed by atoms with Crippen LogP contribution in [0.15, 0.2) is 54.6 Å². The lowest BCUT2D eigenvalue weighted by atomic mass is 9.73. The van der Waals surface area contributed by atoms with Crippen molar-refractivity contribution in [2.24, 2.45) is 5.92 Å². The van der Waals surface area contributed by atoms with Crippen molar-refractivity contribution in [1.82, 2.24) is 0 Å². The molecule has 0 aromatic heterocycles. The zero-order valence-electron chi connectivity index (χ0n) is 15.3. The van der Waals surface area contributed by atoms with Gasteiger partial charge in [-0.15, -0.1) is 0 Å². The summed E-state index contributed by atoms with van der Waals surface area (Å²) in [5, 5.41) is 0. The summed E-state index contributed by atoms with van der Waals surface area (Å²) in [7, 11) is 1.59. The molecule has 0 radical (unpaired) electrons. The molecule has 140 valence electrons. The predicted octanol–water partition coefficient (Wildman–Crippen LogP) is 4.15. The Morgan fingerprint density at radius 2 is 1.78 bits per heavy atom. The van der Waals surface area contributed by atoms with Crippen LogP contribution in [-0.4, -0.2) is 25.5 Å². The van der Waals surface area contributed by atoms with Gasteiger partial charge in [0.05, 0.1) is 13.7 Å². The number of esters is 1. The van der Waals surface area contributed by atoms with Crippen molar-refractivity contribution in [3.05, 3.63) is 71.6 Å². The third-order valence-electron chi connectivity index (χ3n) is 4.76. The second-order valence-corrected chi connectivity index (χ2v) is 6.39. The molecule has 4 nitrogen and oxygen atoms in total. The number of ketones is 1. The number of rotatable bonds is 5. The fraction of sp³-hybridized carbons (Fsp3) is 0.273. The summed E-state index contributed by atoms with van der Waals surface area (Å²) in [6.07, 6.45) is 2.00. The molecule has 1 aliphatic carbocycles. The molecule has 2 aromatic rings. The average Bonchev–Trinajstić information content (AvgIpc) is 2.68. The Bertz CT molecular complexity index is 853. The summed E-state index contributed by atoms with van der Waals surface area (Å²) < 4.78 is 23.6. The second kappa shape index (κ2) is 8.16. The molecule has 0 N–H and O–H groups in total. The summed E-state index contributed by atoms with van der Waals surface area (Å²) in [5.74, 6) is -1.79. The molecule has 0 spiro atoms. The van der Waals surface area contributed by atoms with E-state index in [0.29, 0.717) is 6.42 Å². The van der Waals surface area contributed by atoms with Crippen LogP contribution >= 0.6 is 0 Å². The quantitative estimate of drug-likeness (QED) is 0.588. The molecule has 1 aliphatic rings. The van der Waals surface area contributed by atoms with Gasteiger partial charge in [-0.05, 0) is 60.4 Å². The summed E-state index contributed by atoms with van der Waals surface area (Å²) in [6, 6.07) is 13.3. The Morgan fingerprint density at radius 1 is 1.11 bits per heavy atom. The van der Waals surface area contributed by atoms with Gasteiger partial charge in [-0.1, -0.05) is 24.3 Å². The maximum atomic E-state index is 13.3. The van der Waals surface area contributed by atoms with Crippen LogP contribution in [0.4, 0.5) is 4.39 Å². The summed E-state index contributed by atoms with van der Waals surface area (Å²) in [4.78, 5) is 25.2. The Labute approximate surface area is 157 Å². The van der Waals surface area contributed by atoms with E-state index in [1.807, 2.05) is 24.3 Å². The minimum atomic E-state index is -0.919. The minimum Gasteiger partial charge on any atom is -0.497 e. The predicted molar refractivity (Wildman–Crippen MR) is 99.9 cm³/mol. The molecule has 0 saturated carbocycles. The van der Waals surface area contributed by atoms with Gasteiger partial charge in [-0.25, -0.2) is 4.39 Å². The third kappa shape index (κ3) is 4.08. The average molecular weight is 368 g/mol. The van der Waals surface area contributed by atoms with Gasteiger partial charge >= 0.3 is 5.97 Å². The molecule has 0 amide bonds. The fourth-order valence-corrected chi connectivity index (χ4v) is 3.41. The van der Waals surface area contributed by atoms with E-state index in [9.17, 15) is 14.0 Å². The van der Waals surface area contributed by atoms with E-state index in [0.717, 1.165) is 22.4 Å². The molecule has 2 aromatic carbocycles. The van der Waals surface area contributed by atoms with E-state index in [2.05, 4.69) is 0 Å². The molecular weight excluding hydrogens is 347 g/mol. The molecule has 0 saturated heterocycles. The first-order valence-corrected chi connectivity index (χ1v) is 8.84. The van der Waals surface area contributed by atoms with Crippen molar-refractivity contribution in [2.75, 3.05) is 13.7 Å². The van der Waals surface area contributed by atoms with Gasteiger partial charge in [0, 0.05) is 5.92 Å². The van der Waals surface area contributed by atoms with E-state index >= 15 is 0 Å². The zero-order valence-corrected chi connectivity index (χ0v) is 15.3. The summed E-state index contributed by atoms with van der Waals surface area (Å²) in [5.41, 5.74) is 2.46. The Balaban J connectivity index is 1.99. The van der Waals surface area contributed by atoms with Crippen LogP contribution in [0.2, 0.25) is 0 Å². The van der Waals surface area contributed by atoms with Gasteiger partial charge in [0.2, 0.25) is 0 Å². The summed E-state index contributed by atoms with van der Waals surface area (Å²) >= 11 is 0. The second-order valence-electron chi connectivity index (χ2n) is 6.39. The third-order valence-corrected chi connectivity index (χ3v) is 4.76. The topological polar surface area (TPSA) is 52.6 Å².